The molecule has 0 spiro atoms. The second-order valence-corrected chi connectivity index (χ2v) is 13.7. The lowest BCUT2D eigenvalue weighted by atomic mass is 9.56. The Morgan fingerprint density at radius 1 is 0.870 bits per heavy atom. The van der Waals surface area contributed by atoms with E-state index < -0.39 is 62.9 Å². The first kappa shape index (κ1) is 30.6. The van der Waals surface area contributed by atoms with Crippen LogP contribution >= 0.6 is 34.8 Å². The van der Waals surface area contributed by atoms with Gasteiger partial charge in [-0.25, -0.2) is 9.29 Å². The van der Waals surface area contributed by atoms with Crippen molar-refractivity contribution in [1.29, 1.82) is 0 Å². The molecule has 6 atom stereocenters. The topological polar surface area (TPSA) is 112 Å². The van der Waals surface area contributed by atoms with Crippen LogP contribution in [0.5, 0.6) is 5.75 Å². The van der Waals surface area contributed by atoms with Gasteiger partial charge in [0.25, 0.3) is 11.8 Å². The molecule has 3 aromatic rings. The highest BCUT2D eigenvalue weighted by molar-refractivity contribution is 6.58. The predicted molar refractivity (Wildman–Crippen MR) is 169 cm³/mol. The largest absolute Gasteiger partial charge is 0.508 e. The van der Waals surface area contributed by atoms with Crippen LogP contribution < -0.4 is 9.80 Å². The molecule has 12 heteroatoms. The molecule has 2 heterocycles. The van der Waals surface area contributed by atoms with Gasteiger partial charge < -0.3 is 5.11 Å². The van der Waals surface area contributed by atoms with E-state index in [1.54, 1.807) is 6.08 Å². The Morgan fingerprint density at radius 2 is 1.50 bits per heavy atom. The third kappa shape index (κ3) is 4.08. The van der Waals surface area contributed by atoms with Gasteiger partial charge in [-0.3, -0.25) is 28.9 Å². The van der Waals surface area contributed by atoms with Gasteiger partial charge in [0.15, 0.2) is 15.5 Å². The maximum Gasteiger partial charge on any atom is 0.258 e. The highest BCUT2D eigenvalue weighted by atomic mass is 35.5. The van der Waals surface area contributed by atoms with Crippen molar-refractivity contribution < 1.29 is 33.5 Å². The summed E-state index contributed by atoms with van der Waals surface area (Å²) in [6, 6.07) is 15.0. The first-order valence-electron chi connectivity index (χ1n) is 14.5. The average Bonchev–Trinajstić information content (AvgIpc) is 3.37. The van der Waals surface area contributed by atoms with Crippen molar-refractivity contribution in [2.45, 2.75) is 35.4 Å². The molecule has 4 amide bonds. The maximum atomic E-state index is 14.4. The van der Waals surface area contributed by atoms with E-state index in [0.717, 1.165) is 21.9 Å². The predicted octanol–water partition coefficient (Wildman–Crippen LogP) is 6.16. The number of phenolic OH excluding ortho intramolecular Hbond substituents is 1. The summed E-state index contributed by atoms with van der Waals surface area (Å²) in [5, 5.41) is 11.3. The average molecular weight is 682 g/mol. The summed E-state index contributed by atoms with van der Waals surface area (Å²) in [4.78, 5) is 66.0. The van der Waals surface area contributed by atoms with Gasteiger partial charge in [-0.15, -0.1) is 23.2 Å². The number of phenols is 1. The molecule has 234 valence electrons. The number of alkyl halides is 2. The van der Waals surface area contributed by atoms with Gasteiger partial charge >= 0.3 is 0 Å². The Labute approximate surface area is 277 Å². The highest BCUT2D eigenvalue weighted by Crippen LogP contribution is 2.66. The fourth-order valence-electron chi connectivity index (χ4n) is 7.60. The summed E-state index contributed by atoms with van der Waals surface area (Å²) in [6.45, 7) is 1.41. The maximum absolute atomic E-state index is 14.4. The summed E-state index contributed by atoms with van der Waals surface area (Å²) in [5.41, 5.74) is 1.35. The molecule has 1 saturated carbocycles. The number of aromatic hydroxyl groups is 1. The van der Waals surface area contributed by atoms with Gasteiger partial charge in [0.05, 0.1) is 23.2 Å². The number of carbonyl (C=O) groups is 5. The summed E-state index contributed by atoms with van der Waals surface area (Å²) in [5.74, 6) is -7.60. The van der Waals surface area contributed by atoms with E-state index in [-0.39, 0.29) is 46.3 Å². The zero-order chi connectivity index (χ0) is 32.9. The molecule has 2 aliphatic carbocycles. The molecule has 2 aliphatic heterocycles. The van der Waals surface area contributed by atoms with E-state index >= 15 is 0 Å². The number of halogens is 4. The summed E-state index contributed by atoms with van der Waals surface area (Å²) in [7, 11) is 0. The van der Waals surface area contributed by atoms with E-state index in [4.69, 9.17) is 34.8 Å². The first-order chi connectivity index (χ1) is 21.8. The number of Topliss-reactive ketones (excluding diaryl/α,β-unsaturated/α-hetero) is 1. The third-order valence-electron chi connectivity index (χ3n) is 9.73. The summed E-state index contributed by atoms with van der Waals surface area (Å²) < 4.78 is 13.8. The minimum Gasteiger partial charge on any atom is -0.508 e. The zero-order valence-corrected chi connectivity index (χ0v) is 26.3. The van der Waals surface area contributed by atoms with Gasteiger partial charge in [-0.1, -0.05) is 23.3 Å². The molecule has 4 aliphatic rings. The molecular weight excluding hydrogens is 658 g/mol. The molecule has 1 N–H and O–H groups in total. The molecule has 0 aromatic heterocycles. The van der Waals surface area contributed by atoms with Gasteiger partial charge in [0, 0.05) is 22.1 Å². The Hall–Kier alpha value is -4.05. The molecule has 3 aromatic carbocycles. The number of rotatable bonds is 4. The van der Waals surface area contributed by atoms with Crippen LogP contribution in [0.3, 0.4) is 0 Å². The standard InChI is InChI=1S/C34H24Cl3FN2O6/c1-16(41)17-2-7-20(8-3-17)39-29(43)23-12-11-22-25(27(23)30(39)44)15-33(36)31(45)40(21-9-5-19(38)6-10-21)32(46)34(33,37)28(22)24-14-18(35)4-13-26(24)42/h2-11,13-14,23,25,27-28,42H,12,15H2,1H3. The summed E-state index contributed by atoms with van der Waals surface area (Å²) >= 11 is 21.0. The van der Waals surface area contributed by atoms with Crippen LogP contribution in [-0.2, 0) is 19.2 Å². The van der Waals surface area contributed by atoms with E-state index in [2.05, 4.69) is 0 Å². The molecule has 6 unspecified atom stereocenters. The number of hydrogen-bond acceptors (Lipinski definition) is 6. The van der Waals surface area contributed by atoms with Crippen LogP contribution in [0.25, 0.3) is 0 Å². The Balaban J connectivity index is 1.38. The minimum atomic E-state index is -2.20. The molecule has 46 heavy (non-hydrogen) atoms. The molecule has 7 rings (SSSR count). The number of carbonyl (C=O) groups excluding carboxylic acids is 5. The molecule has 8 nitrogen and oxygen atoms in total. The third-order valence-corrected chi connectivity index (χ3v) is 11.4. The smallest absolute Gasteiger partial charge is 0.258 e. The van der Waals surface area contributed by atoms with Gasteiger partial charge in [0.1, 0.15) is 11.6 Å². The van der Waals surface area contributed by atoms with Crippen molar-refractivity contribution in [3.63, 3.8) is 0 Å². The highest BCUT2D eigenvalue weighted by Gasteiger charge is 2.77. The van der Waals surface area contributed by atoms with Crippen molar-refractivity contribution in [1.82, 2.24) is 0 Å². The molecule has 2 saturated heterocycles. The molecule has 3 fully saturated rings. The van der Waals surface area contributed by atoms with E-state index in [1.807, 2.05) is 0 Å². The van der Waals surface area contributed by atoms with Crippen molar-refractivity contribution in [2.75, 3.05) is 9.80 Å². The van der Waals surface area contributed by atoms with Gasteiger partial charge in [-0.2, -0.15) is 0 Å². The first-order valence-corrected chi connectivity index (χ1v) is 15.6. The van der Waals surface area contributed by atoms with Gasteiger partial charge in [0.2, 0.25) is 11.8 Å². The monoisotopic (exact) mass is 680 g/mol. The Kier molecular flexibility index (Phi) is 6.97. The number of hydrogen-bond donors (Lipinski definition) is 1. The van der Waals surface area contributed by atoms with Crippen LogP contribution in [0.2, 0.25) is 5.02 Å². The van der Waals surface area contributed by atoms with Crippen LogP contribution in [0.4, 0.5) is 15.8 Å². The number of anilines is 2. The van der Waals surface area contributed by atoms with Crippen molar-refractivity contribution >= 4 is 75.6 Å². The van der Waals surface area contributed by atoms with Gasteiger partial charge in [-0.05, 0) is 92.4 Å². The quantitative estimate of drug-likeness (QED) is 0.153. The zero-order valence-electron chi connectivity index (χ0n) is 24.0. The van der Waals surface area contributed by atoms with E-state index in [9.17, 15) is 33.5 Å². The van der Waals surface area contributed by atoms with Crippen LogP contribution in [0, 0.1) is 23.6 Å². The number of amides is 4. The second kappa shape index (κ2) is 10.5. The Bertz CT molecular complexity index is 1910. The van der Waals surface area contributed by atoms with Crippen molar-refractivity contribution in [2.24, 2.45) is 17.8 Å². The Morgan fingerprint density at radius 3 is 2.15 bits per heavy atom. The lowest BCUT2D eigenvalue weighted by molar-refractivity contribution is -0.125. The van der Waals surface area contributed by atoms with Crippen molar-refractivity contribution in [3.8, 4) is 5.75 Å². The number of allylic oxidation sites excluding steroid dienone is 2. The van der Waals surface area contributed by atoms with Crippen LogP contribution in [-0.4, -0.2) is 44.3 Å². The lowest BCUT2D eigenvalue weighted by Crippen LogP contribution is -2.60. The SMILES string of the molecule is CC(=O)c1ccc(N2C(=O)C3CC=C4C(CC5(Cl)C(=O)N(c6ccc(F)cc6)C(=O)C5(Cl)C4c4cc(Cl)ccc4O)C3C2=O)cc1. The van der Waals surface area contributed by atoms with Crippen LogP contribution in [0.15, 0.2) is 78.4 Å². The number of benzene rings is 3. The number of nitrogens with zero attached hydrogens (tertiary/aromatic N) is 2. The lowest BCUT2D eigenvalue weighted by Gasteiger charge is -2.50. The molecule has 0 bridgehead atoms. The number of imide groups is 2. The van der Waals surface area contributed by atoms with E-state index in [0.29, 0.717) is 11.1 Å². The van der Waals surface area contributed by atoms with E-state index in [1.165, 1.54) is 61.5 Å². The fourth-order valence-corrected chi connectivity index (χ4v) is 8.71. The number of fused-ring (bicyclic) bond motifs is 4. The van der Waals surface area contributed by atoms with Crippen molar-refractivity contribution in [3.05, 3.63) is 100 Å². The van der Waals surface area contributed by atoms with Crippen LogP contribution in [0.1, 0.15) is 41.6 Å². The fraction of sp³-hybridized carbons (Fsp3) is 0.265. The molecule has 0 radical (unpaired) electrons. The summed E-state index contributed by atoms with van der Waals surface area (Å²) in [6.07, 6.45) is 1.58. The minimum absolute atomic E-state index is 0.0436. The second-order valence-electron chi connectivity index (χ2n) is 12.1. The normalized spacial score (nSPS) is 30.2. The molecular formula is C34H24Cl3FN2O6. The number of ketones is 1.